The van der Waals surface area contributed by atoms with Gasteiger partial charge in [-0.25, -0.2) is 4.79 Å². The van der Waals surface area contributed by atoms with E-state index in [1.54, 1.807) is 0 Å². The zero-order valence-electron chi connectivity index (χ0n) is 18.6. The first-order valence-corrected chi connectivity index (χ1v) is 12.3. The van der Waals surface area contributed by atoms with E-state index in [1.807, 2.05) is 53.4 Å². The van der Waals surface area contributed by atoms with Crippen LogP contribution in [0.4, 0.5) is 4.79 Å². The number of hydrogen-bond acceptors (Lipinski definition) is 3. The molecule has 4 rings (SSSR count). The molecule has 32 heavy (non-hydrogen) atoms. The van der Waals surface area contributed by atoms with Gasteiger partial charge in [-0.05, 0) is 67.7 Å². The van der Waals surface area contributed by atoms with Crippen LogP contribution in [0, 0.1) is 0 Å². The highest BCUT2D eigenvalue weighted by Gasteiger charge is 2.30. The Morgan fingerprint density at radius 3 is 1.75 bits per heavy atom. The summed E-state index contributed by atoms with van der Waals surface area (Å²) >= 11 is 12.2. The Morgan fingerprint density at radius 1 is 0.812 bits per heavy atom. The number of likely N-dealkylation sites (tertiary alicyclic amines) is 1. The standard InChI is InChI=1S/C25H32Cl2N4O/c1-2-23(29-13-3-4-14-29)30-15-17-31(18-16-30)25(32)28-24(19-5-9-21(26)10-6-19)20-7-11-22(27)12-8-20/h5-12,23-24H,2-4,13-18H2,1H3,(H,28,32). The Balaban J connectivity index is 1.42. The van der Waals surface area contributed by atoms with Crippen molar-refractivity contribution in [2.24, 2.45) is 0 Å². The smallest absolute Gasteiger partial charge is 0.318 e. The lowest BCUT2D eigenvalue weighted by Gasteiger charge is -2.42. The molecule has 0 aliphatic carbocycles. The molecule has 5 nitrogen and oxygen atoms in total. The zero-order valence-corrected chi connectivity index (χ0v) is 20.2. The minimum Gasteiger partial charge on any atom is -0.327 e. The first kappa shape index (κ1) is 23.4. The number of urea groups is 1. The summed E-state index contributed by atoms with van der Waals surface area (Å²) in [4.78, 5) is 20.3. The number of piperazine rings is 1. The Bertz CT molecular complexity index is 830. The fraction of sp³-hybridized carbons (Fsp3) is 0.480. The van der Waals surface area contributed by atoms with Crippen LogP contribution in [0.5, 0.6) is 0 Å². The molecule has 7 heteroatoms. The molecule has 2 fully saturated rings. The van der Waals surface area contributed by atoms with E-state index in [2.05, 4.69) is 22.0 Å². The summed E-state index contributed by atoms with van der Waals surface area (Å²) < 4.78 is 0. The van der Waals surface area contributed by atoms with Gasteiger partial charge in [0.05, 0.1) is 12.2 Å². The van der Waals surface area contributed by atoms with E-state index in [0.717, 1.165) is 43.7 Å². The zero-order chi connectivity index (χ0) is 22.5. The lowest BCUT2D eigenvalue weighted by Crippen LogP contribution is -2.57. The summed E-state index contributed by atoms with van der Waals surface area (Å²) in [6.07, 6.45) is 4.23. The summed E-state index contributed by atoms with van der Waals surface area (Å²) in [6, 6.07) is 15.0. The molecule has 1 N–H and O–H groups in total. The summed E-state index contributed by atoms with van der Waals surface area (Å²) in [7, 11) is 0. The normalized spacial score (nSPS) is 18.8. The van der Waals surface area contributed by atoms with Crippen molar-refractivity contribution in [1.82, 2.24) is 20.0 Å². The first-order chi connectivity index (χ1) is 15.5. The lowest BCUT2D eigenvalue weighted by molar-refractivity contribution is 0.0247. The first-order valence-electron chi connectivity index (χ1n) is 11.6. The predicted octanol–water partition coefficient (Wildman–Crippen LogP) is 5.24. The van der Waals surface area contributed by atoms with Crippen LogP contribution in [0.25, 0.3) is 0 Å². The van der Waals surface area contributed by atoms with Gasteiger partial charge in [-0.2, -0.15) is 0 Å². The average Bonchev–Trinajstić information content (AvgIpc) is 3.34. The van der Waals surface area contributed by atoms with E-state index in [9.17, 15) is 4.79 Å². The van der Waals surface area contributed by atoms with Crippen molar-refractivity contribution in [2.45, 2.75) is 38.4 Å². The van der Waals surface area contributed by atoms with Crippen LogP contribution in [0.3, 0.4) is 0 Å². The van der Waals surface area contributed by atoms with Gasteiger partial charge in [-0.3, -0.25) is 9.80 Å². The van der Waals surface area contributed by atoms with Crippen molar-refractivity contribution in [1.29, 1.82) is 0 Å². The van der Waals surface area contributed by atoms with E-state index < -0.39 is 0 Å². The molecule has 0 radical (unpaired) electrons. The number of carbonyl (C=O) groups is 1. The van der Waals surface area contributed by atoms with Crippen molar-refractivity contribution in [2.75, 3.05) is 39.3 Å². The molecule has 172 valence electrons. The van der Waals surface area contributed by atoms with E-state index in [-0.39, 0.29) is 12.1 Å². The molecule has 2 aromatic carbocycles. The third-order valence-electron chi connectivity index (χ3n) is 6.62. The highest BCUT2D eigenvalue weighted by Crippen LogP contribution is 2.26. The number of halogens is 2. The molecule has 1 unspecified atom stereocenters. The quantitative estimate of drug-likeness (QED) is 0.621. The summed E-state index contributed by atoms with van der Waals surface area (Å²) in [5.41, 5.74) is 1.98. The second kappa shape index (κ2) is 10.9. The van der Waals surface area contributed by atoms with Crippen LogP contribution in [0.2, 0.25) is 10.0 Å². The molecule has 0 bridgehead atoms. The number of nitrogens with one attached hydrogen (secondary N) is 1. The Kier molecular flexibility index (Phi) is 7.95. The monoisotopic (exact) mass is 474 g/mol. The van der Waals surface area contributed by atoms with Crippen molar-refractivity contribution in [3.8, 4) is 0 Å². The summed E-state index contributed by atoms with van der Waals surface area (Å²) in [6.45, 7) is 7.97. The van der Waals surface area contributed by atoms with Crippen LogP contribution < -0.4 is 5.32 Å². The molecule has 2 aliphatic rings. The lowest BCUT2D eigenvalue weighted by atomic mass is 9.99. The molecule has 0 spiro atoms. The fourth-order valence-corrected chi connectivity index (χ4v) is 5.15. The van der Waals surface area contributed by atoms with Crippen LogP contribution in [0.15, 0.2) is 48.5 Å². The largest absolute Gasteiger partial charge is 0.327 e. The van der Waals surface area contributed by atoms with Gasteiger partial charge in [0.15, 0.2) is 0 Å². The number of nitrogens with zero attached hydrogens (tertiary/aromatic N) is 3. The van der Waals surface area contributed by atoms with Crippen LogP contribution >= 0.6 is 23.2 Å². The average molecular weight is 475 g/mol. The Labute approximate surface area is 201 Å². The van der Waals surface area contributed by atoms with E-state index >= 15 is 0 Å². The third-order valence-corrected chi connectivity index (χ3v) is 7.13. The molecule has 2 saturated heterocycles. The van der Waals surface area contributed by atoms with Gasteiger partial charge in [-0.15, -0.1) is 0 Å². The molecule has 2 amide bonds. The molecule has 0 aromatic heterocycles. The number of benzene rings is 2. The van der Waals surface area contributed by atoms with Crippen LogP contribution in [0.1, 0.15) is 43.4 Å². The molecular formula is C25H32Cl2N4O. The minimum absolute atomic E-state index is 0.0335. The maximum atomic E-state index is 13.2. The van der Waals surface area contributed by atoms with Crippen molar-refractivity contribution < 1.29 is 4.79 Å². The number of carbonyl (C=O) groups excluding carboxylic acids is 1. The SMILES string of the molecule is CCC(N1CCCC1)N1CCN(C(=O)NC(c2ccc(Cl)cc2)c2ccc(Cl)cc2)CC1. The number of hydrogen-bond donors (Lipinski definition) is 1. The van der Waals surface area contributed by atoms with Crippen molar-refractivity contribution in [3.63, 3.8) is 0 Å². The van der Waals surface area contributed by atoms with Gasteiger partial charge in [0, 0.05) is 36.2 Å². The predicted molar refractivity (Wildman–Crippen MR) is 131 cm³/mol. The third kappa shape index (κ3) is 5.57. The van der Waals surface area contributed by atoms with Crippen molar-refractivity contribution in [3.05, 3.63) is 69.7 Å². The van der Waals surface area contributed by atoms with Crippen LogP contribution in [-0.4, -0.2) is 66.2 Å². The van der Waals surface area contributed by atoms with Gasteiger partial charge in [-0.1, -0.05) is 54.4 Å². The second-order valence-electron chi connectivity index (χ2n) is 8.64. The number of rotatable bonds is 6. The minimum atomic E-state index is -0.261. The summed E-state index contributed by atoms with van der Waals surface area (Å²) in [5, 5.41) is 4.59. The molecular weight excluding hydrogens is 443 g/mol. The number of amides is 2. The highest BCUT2D eigenvalue weighted by atomic mass is 35.5. The van der Waals surface area contributed by atoms with Gasteiger partial charge in [0.1, 0.15) is 0 Å². The molecule has 2 aliphatic heterocycles. The molecule has 2 aromatic rings. The molecule has 1 atom stereocenters. The van der Waals surface area contributed by atoms with Gasteiger partial charge >= 0.3 is 6.03 Å². The van der Waals surface area contributed by atoms with E-state index in [1.165, 1.54) is 25.9 Å². The molecule has 0 saturated carbocycles. The second-order valence-corrected chi connectivity index (χ2v) is 9.51. The van der Waals surface area contributed by atoms with Crippen LogP contribution in [-0.2, 0) is 0 Å². The maximum absolute atomic E-state index is 13.2. The van der Waals surface area contributed by atoms with Gasteiger partial charge in [0.25, 0.3) is 0 Å². The highest BCUT2D eigenvalue weighted by molar-refractivity contribution is 6.30. The molecule has 2 heterocycles. The van der Waals surface area contributed by atoms with Gasteiger partial charge < -0.3 is 10.2 Å². The van der Waals surface area contributed by atoms with Crippen molar-refractivity contribution >= 4 is 29.2 Å². The maximum Gasteiger partial charge on any atom is 0.318 e. The fourth-order valence-electron chi connectivity index (χ4n) is 4.89. The van der Waals surface area contributed by atoms with E-state index in [4.69, 9.17) is 23.2 Å². The summed E-state index contributed by atoms with van der Waals surface area (Å²) in [5.74, 6) is 0. The van der Waals surface area contributed by atoms with E-state index in [0.29, 0.717) is 16.2 Å². The Morgan fingerprint density at radius 2 is 1.28 bits per heavy atom. The van der Waals surface area contributed by atoms with Gasteiger partial charge in [0.2, 0.25) is 0 Å². The topological polar surface area (TPSA) is 38.8 Å². The Hall–Kier alpha value is -1.79.